The molecule has 0 fully saturated rings. The van der Waals surface area contributed by atoms with Crippen LogP contribution in [0.15, 0.2) is 24.3 Å². The van der Waals surface area contributed by atoms with E-state index in [4.69, 9.17) is 11.3 Å². The van der Waals surface area contributed by atoms with E-state index >= 15 is 0 Å². The minimum Gasteiger partial charge on any atom is -0.308 e. The van der Waals surface area contributed by atoms with Gasteiger partial charge in [0.05, 0.1) is 0 Å². The van der Waals surface area contributed by atoms with Crippen LogP contribution >= 0.6 is 0 Å². The van der Waals surface area contributed by atoms with Crippen molar-refractivity contribution in [2.24, 2.45) is 5.84 Å². The molecule has 0 saturated carbocycles. The summed E-state index contributed by atoms with van der Waals surface area (Å²) >= 11 is 0. The van der Waals surface area contributed by atoms with Crippen LogP contribution in [0.1, 0.15) is 15.9 Å². The number of hydrogen-bond acceptors (Lipinski definition) is 3. The molecule has 1 rings (SSSR count). The minimum atomic E-state index is -0.380. The Bertz CT molecular complexity index is 309. The summed E-state index contributed by atoms with van der Waals surface area (Å²) in [6.45, 7) is 0. The molecule has 4 heteroatoms. The summed E-state index contributed by atoms with van der Waals surface area (Å²) in [6, 6.07) is 6.77. The van der Waals surface area contributed by atoms with E-state index in [0.717, 1.165) is 6.21 Å². The van der Waals surface area contributed by atoms with Crippen LogP contribution in [-0.2, 0) is 0 Å². The Morgan fingerprint density at radius 2 is 2.17 bits per heavy atom. The van der Waals surface area contributed by atoms with Crippen LogP contribution in [0.3, 0.4) is 0 Å². The molecule has 0 saturated heterocycles. The molecule has 0 aliphatic carbocycles. The summed E-state index contributed by atoms with van der Waals surface area (Å²) in [7, 11) is 0. The summed E-state index contributed by atoms with van der Waals surface area (Å²) in [5, 5.41) is 7.01. The van der Waals surface area contributed by atoms with Crippen LogP contribution < -0.4 is 11.3 Å². The number of benzene rings is 1. The van der Waals surface area contributed by atoms with Crippen molar-refractivity contribution < 1.29 is 4.79 Å². The van der Waals surface area contributed by atoms with Gasteiger partial charge in [0, 0.05) is 17.3 Å². The summed E-state index contributed by atoms with van der Waals surface area (Å²) in [6.07, 6.45) is 1.12. The lowest BCUT2D eigenvalue weighted by Crippen LogP contribution is -2.30. The topological polar surface area (TPSA) is 79.0 Å². The lowest BCUT2D eigenvalue weighted by Gasteiger charge is -2.01. The van der Waals surface area contributed by atoms with Gasteiger partial charge in [0.1, 0.15) is 0 Å². The highest BCUT2D eigenvalue weighted by atomic mass is 16.2. The molecule has 4 N–H and O–H groups in total. The lowest BCUT2D eigenvalue weighted by atomic mass is 10.1. The SMILES string of the molecule is N=Cc1ccccc1C(=O)NN. The fraction of sp³-hybridized carbons (Fsp3) is 0. The maximum atomic E-state index is 11.1. The highest BCUT2D eigenvalue weighted by Crippen LogP contribution is 2.04. The van der Waals surface area contributed by atoms with Crippen molar-refractivity contribution in [2.45, 2.75) is 0 Å². The van der Waals surface area contributed by atoms with Gasteiger partial charge in [-0.25, -0.2) is 5.84 Å². The van der Waals surface area contributed by atoms with Crippen LogP contribution in [0, 0.1) is 5.41 Å². The smallest absolute Gasteiger partial charge is 0.265 e. The first-order valence-corrected chi connectivity index (χ1v) is 3.40. The van der Waals surface area contributed by atoms with Crippen molar-refractivity contribution in [2.75, 3.05) is 0 Å². The monoisotopic (exact) mass is 163 g/mol. The summed E-state index contributed by atoms with van der Waals surface area (Å²) in [5.41, 5.74) is 2.98. The van der Waals surface area contributed by atoms with Gasteiger partial charge in [0.15, 0.2) is 0 Å². The zero-order chi connectivity index (χ0) is 8.97. The van der Waals surface area contributed by atoms with Gasteiger partial charge in [0.25, 0.3) is 5.91 Å². The molecule has 1 amide bonds. The Kier molecular flexibility index (Phi) is 2.55. The molecule has 4 nitrogen and oxygen atoms in total. The number of nitrogens with two attached hydrogens (primary N) is 1. The second-order valence-electron chi connectivity index (χ2n) is 2.21. The van der Waals surface area contributed by atoms with Crippen LogP contribution in [0.4, 0.5) is 0 Å². The first-order chi connectivity index (χ1) is 5.79. The van der Waals surface area contributed by atoms with Crippen molar-refractivity contribution in [3.8, 4) is 0 Å². The number of nitrogens with one attached hydrogen (secondary N) is 2. The largest absolute Gasteiger partial charge is 0.308 e. The zero-order valence-corrected chi connectivity index (χ0v) is 6.37. The Balaban J connectivity index is 3.13. The molecule has 0 heterocycles. The second kappa shape index (κ2) is 3.64. The maximum absolute atomic E-state index is 11.1. The third-order valence-corrected chi connectivity index (χ3v) is 1.49. The van der Waals surface area contributed by atoms with E-state index < -0.39 is 0 Å². The summed E-state index contributed by atoms with van der Waals surface area (Å²) in [4.78, 5) is 11.1. The third kappa shape index (κ3) is 1.49. The predicted octanol–water partition coefficient (Wildman–Crippen LogP) is 0.288. The van der Waals surface area contributed by atoms with Crippen LogP contribution in [0.2, 0.25) is 0 Å². The number of hydrogen-bond donors (Lipinski definition) is 3. The Morgan fingerprint density at radius 1 is 1.50 bits per heavy atom. The molecule has 0 bridgehead atoms. The lowest BCUT2D eigenvalue weighted by molar-refractivity contribution is 0.0953. The highest BCUT2D eigenvalue weighted by molar-refractivity contribution is 6.01. The van der Waals surface area contributed by atoms with Crippen molar-refractivity contribution in [3.63, 3.8) is 0 Å². The third-order valence-electron chi connectivity index (χ3n) is 1.49. The second-order valence-corrected chi connectivity index (χ2v) is 2.21. The molecule has 12 heavy (non-hydrogen) atoms. The van der Waals surface area contributed by atoms with Gasteiger partial charge in [-0.2, -0.15) is 0 Å². The number of carbonyl (C=O) groups excluding carboxylic acids is 1. The van der Waals surface area contributed by atoms with Gasteiger partial charge in [-0.05, 0) is 6.07 Å². The van der Waals surface area contributed by atoms with E-state index in [9.17, 15) is 4.79 Å². The van der Waals surface area contributed by atoms with Gasteiger partial charge in [-0.1, -0.05) is 18.2 Å². The maximum Gasteiger partial charge on any atom is 0.265 e. The quantitative estimate of drug-likeness (QED) is 0.253. The minimum absolute atomic E-state index is 0.380. The molecule has 0 radical (unpaired) electrons. The summed E-state index contributed by atoms with van der Waals surface area (Å²) in [5.74, 6) is 4.57. The zero-order valence-electron chi connectivity index (χ0n) is 6.37. The van der Waals surface area contributed by atoms with E-state index in [-0.39, 0.29) is 5.91 Å². The van der Waals surface area contributed by atoms with Crippen molar-refractivity contribution in [1.29, 1.82) is 5.41 Å². The van der Waals surface area contributed by atoms with E-state index in [1.807, 2.05) is 5.43 Å². The van der Waals surface area contributed by atoms with Crippen molar-refractivity contribution in [1.82, 2.24) is 5.43 Å². The molecule has 1 aromatic carbocycles. The van der Waals surface area contributed by atoms with Crippen LogP contribution in [0.5, 0.6) is 0 Å². The van der Waals surface area contributed by atoms with Gasteiger partial charge < -0.3 is 5.41 Å². The van der Waals surface area contributed by atoms with Gasteiger partial charge >= 0.3 is 0 Å². The molecule has 0 atom stereocenters. The van der Waals surface area contributed by atoms with Crippen LogP contribution in [0.25, 0.3) is 0 Å². The Labute approximate surface area is 69.9 Å². The van der Waals surface area contributed by atoms with Crippen molar-refractivity contribution in [3.05, 3.63) is 35.4 Å². The van der Waals surface area contributed by atoms with Gasteiger partial charge in [0.2, 0.25) is 0 Å². The standard InChI is InChI=1S/C8H9N3O/c9-5-6-3-1-2-4-7(6)8(12)11-10/h1-5,9H,10H2,(H,11,12). The Hall–Kier alpha value is -1.68. The molecule has 62 valence electrons. The Morgan fingerprint density at radius 3 is 2.75 bits per heavy atom. The van der Waals surface area contributed by atoms with E-state index in [1.165, 1.54) is 0 Å². The van der Waals surface area contributed by atoms with E-state index in [1.54, 1.807) is 24.3 Å². The van der Waals surface area contributed by atoms with Gasteiger partial charge in [-0.15, -0.1) is 0 Å². The molecular weight excluding hydrogens is 154 g/mol. The number of rotatable bonds is 2. The first kappa shape index (κ1) is 8.42. The molecule has 1 aromatic rings. The van der Waals surface area contributed by atoms with Gasteiger partial charge in [-0.3, -0.25) is 10.2 Å². The number of carbonyl (C=O) groups is 1. The molecule has 0 aliphatic heterocycles. The summed E-state index contributed by atoms with van der Waals surface area (Å²) < 4.78 is 0. The molecule has 0 unspecified atom stereocenters. The normalized spacial score (nSPS) is 9.08. The average Bonchev–Trinajstić information content (AvgIpc) is 2.16. The predicted molar refractivity (Wildman–Crippen MR) is 46.0 cm³/mol. The van der Waals surface area contributed by atoms with Crippen molar-refractivity contribution >= 4 is 12.1 Å². The molecule has 0 spiro atoms. The molecular formula is C8H9N3O. The van der Waals surface area contributed by atoms with E-state index in [0.29, 0.717) is 11.1 Å². The molecule has 0 aliphatic rings. The van der Waals surface area contributed by atoms with Crippen LogP contribution in [-0.4, -0.2) is 12.1 Å². The first-order valence-electron chi connectivity index (χ1n) is 3.40. The number of hydrazine groups is 1. The van der Waals surface area contributed by atoms with E-state index in [2.05, 4.69) is 0 Å². The number of nitrogen functional groups attached to an aromatic ring is 1. The molecule has 0 aromatic heterocycles. The average molecular weight is 163 g/mol. The highest BCUT2D eigenvalue weighted by Gasteiger charge is 2.06. The fourth-order valence-corrected chi connectivity index (χ4v) is 0.907. The fourth-order valence-electron chi connectivity index (χ4n) is 0.907. The number of amides is 1.